The van der Waals surface area contributed by atoms with Crippen LogP contribution in [0.2, 0.25) is 0 Å². The van der Waals surface area contributed by atoms with Crippen molar-refractivity contribution in [2.75, 3.05) is 13.7 Å². The minimum Gasteiger partial charge on any atom is -0.493 e. The molecule has 6 nitrogen and oxygen atoms in total. The zero-order valence-electron chi connectivity index (χ0n) is 12.8. The summed E-state index contributed by atoms with van der Waals surface area (Å²) in [5.41, 5.74) is 3.70. The van der Waals surface area contributed by atoms with Crippen molar-refractivity contribution in [2.24, 2.45) is 5.10 Å². The highest BCUT2D eigenvalue weighted by molar-refractivity contribution is 5.95. The van der Waals surface area contributed by atoms with Crippen LogP contribution in [-0.4, -0.2) is 25.8 Å². The van der Waals surface area contributed by atoms with Crippen LogP contribution in [0, 0.1) is 6.92 Å². The summed E-state index contributed by atoms with van der Waals surface area (Å²) < 4.78 is 15.8. The number of rotatable bonds is 6. The zero-order valence-corrected chi connectivity index (χ0v) is 12.8. The van der Waals surface area contributed by atoms with Crippen LogP contribution >= 0.6 is 0 Å². The van der Waals surface area contributed by atoms with Gasteiger partial charge < -0.3 is 13.9 Å². The number of aryl methyl sites for hydroxylation is 1. The lowest BCUT2D eigenvalue weighted by molar-refractivity contribution is 0.0953. The van der Waals surface area contributed by atoms with Gasteiger partial charge in [-0.2, -0.15) is 5.10 Å². The van der Waals surface area contributed by atoms with E-state index in [0.717, 1.165) is 5.56 Å². The van der Waals surface area contributed by atoms with Gasteiger partial charge in [0.2, 0.25) is 0 Å². The maximum absolute atomic E-state index is 11.9. The molecule has 2 aromatic rings. The molecule has 1 aromatic carbocycles. The molecule has 0 aliphatic heterocycles. The molecule has 6 heteroatoms. The Morgan fingerprint density at radius 1 is 1.36 bits per heavy atom. The molecule has 0 fully saturated rings. The number of nitrogens with zero attached hydrogens (tertiary/aromatic N) is 1. The fourth-order valence-electron chi connectivity index (χ4n) is 1.89. The lowest BCUT2D eigenvalue weighted by Gasteiger charge is -2.09. The molecule has 116 valence electrons. The lowest BCUT2D eigenvalue weighted by Crippen LogP contribution is -2.17. The quantitative estimate of drug-likeness (QED) is 0.658. The van der Waals surface area contributed by atoms with Gasteiger partial charge in [-0.05, 0) is 43.7 Å². The number of carbonyl (C=O) groups is 1. The monoisotopic (exact) mass is 302 g/mol. The predicted octanol–water partition coefficient (Wildman–Crippen LogP) is 2.76. The van der Waals surface area contributed by atoms with E-state index in [1.165, 1.54) is 12.5 Å². The van der Waals surface area contributed by atoms with Crippen molar-refractivity contribution >= 4 is 12.1 Å². The van der Waals surface area contributed by atoms with Crippen LogP contribution in [0.3, 0.4) is 0 Å². The standard InChI is InChI=1S/C16H18N2O4/c1-4-21-15-9-12(5-6-14(15)20-3)10-17-18-16(19)13-7-8-22-11(13)2/h5-10H,4H2,1-3H3,(H,18,19)/b17-10-. The highest BCUT2D eigenvalue weighted by atomic mass is 16.5. The van der Waals surface area contributed by atoms with Crippen LogP contribution in [0.25, 0.3) is 0 Å². The van der Waals surface area contributed by atoms with Crippen molar-refractivity contribution in [3.8, 4) is 11.5 Å². The number of carbonyl (C=O) groups excluding carboxylic acids is 1. The second kappa shape index (κ2) is 7.31. The Morgan fingerprint density at radius 3 is 2.82 bits per heavy atom. The van der Waals surface area contributed by atoms with Gasteiger partial charge in [-0.3, -0.25) is 4.79 Å². The summed E-state index contributed by atoms with van der Waals surface area (Å²) in [6.07, 6.45) is 3.00. The topological polar surface area (TPSA) is 73.1 Å². The van der Waals surface area contributed by atoms with E-state index in [4.69, 9.17) is 13.9 Å². The van der Waals surface area contributed by atoms with Gasteiger partial charge in [-0.25, -0.2) is 5.43 Å². The summed E-state index contributed by atoms with van der Waals surface area (Å²) in [6, 6.07) is 7.00. The largest absolute Gasteiger partial charge is 0.493 e. The maximum Gasteiger partial charge on any atom is 0.274 e. The summed E-state index contributed by atoms with van der Waals surface area (Å²) in [4.78, 5) is 11.9. The number of ether oxygens (including phenoxy) is 2. The molecule has 1 heterocycles. The number of hydrazone groups is 1. The lowest BCUT2D eigenvalue weighted by atomic mass is 10.2. The van der Waals surface area contributed by atoms with Gasteiger partial charge in [-0.1, -0.05) is 0 Å². The summed E-state index contributed by atoms with van der Waals surface area (Å²) in [6.45, 7) is 4.15. The van der Waals surface area contributed by atoms with E-state index in [1.807, 2.05) is 13.0 Å². The minimum absolute atomic E-state index is 0.318. The van der Waals surface area contributed by atoms with Crippen LogP contribution in [-0.2, 0) is 0 Å². The van der Waals surface area contributed by atoms with Gasteiger partial charge in [0.1, 0.15) is 5.76 Å². The van der Waals surface area contributed by atoms with Gasteiger partial charge in [-0.15, -0.1) is 0 Å². The van der Waals surface area contributed by atoms with E-state index < -0.39 is 0 Å². The van der Waals surface area contributed by atoms with E-state index in [2.05, 4.69) is 10.5 Å². The Morgan fingerprint density at radius 2 is 2.18 bits per heavy atom. The molecule has 22 heavy (non-hydrogen) atoms. The summed E-state index contributed by atoms with van der Waals surface area (Å²) >= 11 is 0. The molecule has 2 rings (SSSR count). The average Bonchev–Trinajstić information content (AvgIpc) is 2.94. The molecule has 0 saturated carbocycles. The van der Waals surface area contributed by atoms with E-state index >= 15 is 0 Å². The van der Waals surface area contributed by atoms with Gasteiger partial charge in [0.25, 0.3) is 5.91 Å². The number of benzene rings is 1. The highest BCUT2D eigenvalue weighted by Crippen LogP contribution is 2.27. The molecule has 1 aromatic heterocycles. The highest BCUT2D eigenvalue weighted by Gasteiger charge is 2.10. The number of hydrogen-bond donors (Lipinski definition) is 1. The van der Waals surface area contributed by atoms with Crippen molar-refractivity contribution in [1.82, 2.24) is 5.43 Å². The SMILES string of the molecule is CCOc1cc(/C=N\NC(=O)c2ccoc2C)ccc1OC. The third kappa shape index (κ3) is 3.66. The first kappa shape index (κ1) is 15.6. The number of hydrogen-bond acceptors (Lipinski definition) is 5. The van der Waals surface area contributed by atoms with E-state index in [9.17, 15) is 4.79 Å². The van der Waals surface area contributed by atoms with Gasteiger partial charge >= 0.3 is 0 Å². The molecular formula is C16H18N2O4. The van der Waals surface area contributed by atoms with Crippen molar-refractivity contribution < 1.29 is 18.7 Å². The third-order valence-electron chi connectivity index (χ3n) is 2.97. The first-order chi connectivity index (χ1) is 10.7. The van der Waals surface area contributed by atoms with Crippen LogP contribution in [0.5, 0.6) is 11.5 Å². The van der Waals surface area contributed by atoms with E-state index in [-0.39, 0.29) is 5.91 Å². The fraction of sp³-hybridized carbons (Fsp3) is 0.250. The molecule has 0 bridgehead atoms. The Balaban J connectivity index is 2.05. The minimum atomic E-state index is -0.318. The van der Waals surface area contributed by atoms with Crippen LogP contribution in [0.1, 0.15) is 28.6 Å². The Labute approximate surface area is 128 Å². The van der Waals surface area contributed by atoms with Crippen LogP contribution in [0.15, 0.2) is 40.0 Å². The molecule has 0 aliphatic carbocycles. The Kier molecular flexibility index (Phi) is 5.19. The Bertz CT molecular complexity index is 677. The molecule has 1 N–H and O–H groups in total. The number of methoxy groups -OCH3 is 1. The van der Waals surface area contributed by atoms with Crippen molar-refractivity contribution in [1.29, 1.82) is 0 Å². The van der Waals surface area contributed by atoms with Gasteiger partial charge in [0, 0.05) is 0 Å². The molecule has 0 atom stereocenters. The van der Waals surface area contributed by atoms with E-state index in [1.54, 1.807) is 32.2 Å². The first-order valence-corrected chi connectivity index (χ1v) is 6.84. The molecular weight excluding hydrogens is 284 g/mol. The molecule has 0 radical (unpaired) electrons. The fourth-order valence-corrected chi connectivity index (χ4v) is 1.89. The molecule has 0 aliphatic rings. The average molecular weight is 302 g/mol. The maximum atomic E-state index is 11.9. The number of amides is 1. The molecule has 0 unspecified atom stereocenters. The second-order valence-corrected chi connectivity index (χ2v) is 4.43. The number of furan rings is 1. The van der Waals surface area contributed by atoms with Crippen molar-refractivity contribution in [2.45, 2.75) is 13.8 Å². The summed E-state index contributed by atoms with van der Waals surface area (Å²) in [5, 5.41) is 3.93. The Hall–Kier alpha value is -2.76. The van der Waals surface area contributed by atoms with E-state index in [0.29, 0.717) is 29.4 Å². The van der Waals surface area contributed by atoms with Gasteiger partial charge in [0.05, 0.1) is 31.8 Å². The number of nitrogens with one attached hydrogen (secondary N) is 1. The van der Waals surface area contributed by atoms with Gasteiger partial charge in [0.15, 0.2) is 11.5 Å². The summed E-state index contributed by atoms with van der Waals surface area (Å²) in [5.74, 6) is 1.51. The zero-order chi connectivity index (χ0) is 15.9. The smallest absolute Gasteiger partial charge is 0.274 e. The normalized spacial score (nSPS) is 10.7. The van der Waals surface area contributed by atoms with Crippen molar-refractivity contribution in [3.63, 3.8) is 0 Å². The third-order valence-corrected chi connectivity index (χ3v) is 2.97. The van der Waals surface area contributed by atoms with Crippen LogP contribution < -0.4 is 14.9 Å². The second-order valence-electron chi connectivity index (χ2n) is 4.43. The molecule has 1 amide bonds. The van der Waals surface area contributed by atoms with Crippen molar-refractivity contribution in [3.05, 3.63) is 47.4 Å². The predicted molar refractivity (Wildman–Crippen MR) is 82.7 cm³/mol. The molecule has 0 saturated heterocycles. The van der Waals surface area contributed by atoms with Crippen LogP contribution in [0.4, 0.5) is 0 Å². The summed E-state index contributed by atoms with van der Waals surface area (Å²) in [7, 11) is 1.58. The first-order valence-electron chi connectivity index (χ1n) is 6.84. The molecule has 0 spiro atoms.